The highest BCUT2D eigenvalue weighted by atomic mass is 16.5. The molecule has 27 heavy (non-hydrogen) atoms. The second kappa shape index (κ2) is 7.70. The van der Waals surface area contributed by atoms with Crippen molar-refractivity contribution in [3.05, 3.63) is 47.0 Å². The standard InChI is InChI=1S/C21H24N2O4/c1-6-14-12(2)22-23-21(13-7-8-18(25-3)20(9-13)27-5)16-10-17(24)19(26-4)11-15(14)16/h7-11,14,24H,6H2,1-5H3/t14-/m0/s1. The molecular formula is C21H24N2O4. The van der Waals surface area contributed by atoms with Crippen LogP contribution in [0.5, 0.6) is 23.0 Å². The molecule has 142 valence electrons. The molecule has 6 heteroatoms. The van der Waals surface area contributed by atoms with Gasteiger partial charge in [0.15, 0.2) is 23.0 Å². The molecule has 3 rings (SSSR count). The van der Waals surface area contributed by atoms with Gasteiger partial charge in [0.2, 0.25) is 0 Å². The van der Waals surface area contributed by atoms with Crippen molar-refractivity contribution >= 4 is 11.4 Å². The average Bonchev–Trinajstić information content (AvgIpc) is 2.82. The predicted molar refractivity (Wildman–Crippen MR) is 106 cm³/mol. The molecule has 2 aromatic rings. The number of hydrogen-bond donors (Lipinski definition) is 1. The van der Waals surface area contributed by atoms with Gasteiger partial charge in [0.25, 0.3) is 0 Å². The summed E-state index contributed by atoms with van der Waals surface area (Å²) in [7, 11) is 4.74. The monoisotopic (exact) mass is 368 g/mol. The van der Waals surface area contributed by atoms with Crippen LogP contribution in [0.25, 0.3) is 0 Å². The van der Waals surface area contributed by atoms with Crippen LogP contribution in [-0.4, -0.2) is 37.9 Å². The first-order valence-electron chi connectivity index (χ1n) is 8.79. The van der Waals surface area contributed by atoms with E-state index in [2.05, 4.69) is 17.1 Å². The molecule has 0 spiro atoms. The van der Waals surface area contributed by atoms with Crippen molar-refractivity contribution in [1.82, 2.24) is 0 Å². The molecule has 0 bridgehead atoms. The minimum absolute atomic E-state index is 0.0684. The van der Waals surface area contributed by atoms with Gasteiger partial charge < -0.3 is 19.3 Å². The van der Waals surface area contributed by atoms with Crippen molar-refractivity contribution in [1.29, 1.82) is 0 Å². The first kappa shape index (κ1) is 18.8. The van der Waals surface area contributed by atoms with Gasteiger partial charge in [-0.3, -0.25) is 0 Å². The Balaban J connectivity index is 2.24. The number of aromatic hydroxyl groups is 1. The summed E-state index contributed by atoms with van der Waals surface area (Å²) in [5, 5.41) is 19.3. The number of fused-ring (bicyclic) bond motifs is 1. The number of nitrogens with zero attached hydrogens (tertiary/aromatic N) is 2. The Morgan fingerprint density at radius 1 is 0.926 bits per heavy atom. The van der Waals surface area contributed by atoms with Crippen LogP contribution >= 0.6 is 0 Å². The third-order valence-electron chi connectivity index (χ3n) is 4.86. The van der Waals surface area contributed by atoms with Crippen molar-refractivity contribution in [3.8, 4) is 23.0 Å². The fourth-order valence-corrected chi connectivity index (χ4v) is 3.43. The first-order valence-corrected chi connectivity index (χ1v) is 8.79. The third kappa shape index (κ3) is 3.35. The van der Waals surface area contributed by atoms with Gasteiger partial charge in [-0.1, -0.05) is 6.92 Å². The molecule has 0 aromatic heterocycles. The molecule has 1 N–H and O–H groups in total. The Bertz CT molecular complexity index is 919. The average molecular weight is 368 g/mol. The lowest BCUT2D eigenvalue weighted by Crippen LogP contribution is -2.12. The van der Waals surface area contributed by atoms with Crippen LogP contribution in [0.15, 0.2) is 40.5 Å². The Labute approximate surface area is 159 Å². The Kier molecular flexibility index (Phi) is 5.35. The van der Waals surface area contributed by atoms with Crippen LogP contribution in [0.4, 0.5) is 0 Å². The number of ether oxygens (including phenoxy) is 3. The molecule has 1 aliphatic heterocycles. The second-order valence-corrected chi connectivity index (χ2v) is 6.33. The van der Waals surface area contributed by atoms with Crippen LogP contribution in [0.2, 0.25) is 0 Å². The molecule has 0 fully saturated rings. The highest BCUT2D eigenvalue weighted by Crippen LogP contribution is 2.38. The lowest BCUT2D eigenvalue weighted by Gasteiger charge is -2.19. The maximum absolute atomic E-state index is 10.4. The van der Waals surface area contributed by atoms with Crippen LogP contribution in [0.1, 0.15) is 42.9 Å². The number of phenolic OH excluding ortho intramolecular Hbond substituents is 1. The van der Waals surface area contributed by atoms with E-state index < -0.39 is 0 Å². The van der Waals surface area contributed by atoms with Gasteiger partial charge in [0.1, 0.15) is 5.71 Å². The zero-order chi connectivity index (χ0) is 19.6. The highest BCUT2D eigenvalue weighted by molar-refractivity contribution is 6.16. The van der Waals surface area contributed by atoms with Gasteiger partial charge in [-0.25, -0.2) is 0 Å². The normalized spacial score (nSPS) is 16.0. The number of benzene rings is 2. The van der Waals surface area contributed by atoms with E-state index in [4.69, 9.17) is 14.2 Å². The van der Waals surface area contributed by atoms with Gasteiger partial charge in [-0.2, -0.15) is 5.10 Å². The van der Waals surface area contributed by atoms with E-state index in [-0.39, 0.29) is 11.7 Å². The molecule has 1 atom stereocenters. The van der Waals surface area contributed by atoms with Gasteiger partial charge in [-0.15, -0.1) is 5.10 Å². The molecule has 0 aliphatic carbocycles. The van der Waals surface area contributed by atoms with E-state index in [0.29, 0.717) is 23.0 Å². The fourth-order valence-electron chi connectivity index (χ4n) is 3.43. The quantitative estimate of drug-likeness (QED) is 0.861. The molecule has 0 saturated carbocycles. The smallest absolute Gasteiger partial charge is 0.161 e. The Morgan fingerprint density at radius 3 is 2.26 bits per heavy atom. The molecular weight excluding hydrogens is 344 g/mol. The summed E-state index contributed by atoms with van der Waals surface area (Å²) < 4.78 is 16.1. The topological polar surface area (TPSA) is 72.6 Å². The van der Waals surface area contributed by atoms with Crippen LogP contribution in [0, 0.1) is 0 Å². The van der Waals surface area contributed by atoms with Crippen molar-refractivity contribution in [2.75, 3.05) is 21.3 Å². The second-order valence-electron chi connectivity index (χ2n) is 6.33. The highest BCUT2D eigenvalue weighted by Gasteiger charge is 2.26. The largest absolute Gasteiger partial charge is 0.504 e. The molecule has 1 aliphatic rings. The Hall–Kier alpha value is -3.02. The lowest BCUT2D eigenvalue weighted by molar-refractivity contribution is 0.355. The maximum atomic E-state index is 10.4. The van der Waals surface area contributed by atoms with E-state index in [1.165, 1.54) is 0 Å². The number of hydrogen-bond acceptors (Lipinski definition) is 6. The van der Waals surface area contributed by atoms with E-state index in [0.717, 1.165) is 28.8 Å². The van der Waals surface area contributed by atoms with E-state index in [1.807, 2.05) is 31.2 Å². The van der Waals surface area contributed by atoms with Gasteiger partial charge in [0.05, 0.1) is 21.3 Å². The molecule has 0 radical (unpaired) electrons. The van der Waals surface area contributed by atoms with Crippen LogP contribution in [0.3, 0.4) is 0 Å². The molecule has 0 unspecified atom stereocenters. The SMILES string of the molecule is CC[C@H]1C(C)=NN=C(c2ccc(OC)c(OC)c2)c2cc(O)c(OC)cc21. The van der Waals surface area contributed by atoms with Crippen molar-refractivity contribution in [3.63, 3.8) is 0 Å². The van der Waals surface area contributed by atoms with Gasteiger partial charge in [0, 0.05) is 22.8 Å². The van der Waals surface area contributed by atoms with Crippen molar-refractivity contribution in [2.24, 2.45) is 10.2 Å². The van der Waals surface area contributed by atoms with Crippen molar-refractivity contribution < 1.29 is 19.3 Å². The summed E-state index contributed by atoms with van der Waals surface area (Å²) in [5.41, 5.74) is 4.26. The number of rotatable bonds is 5. The zero-order valence-corrected chi connectivity index (χ0v) is 16.2. The summed E-state index contributed by atoms with van der Waals surface area (Å²) in [5.74, 6) is 1.84. The molecule has 0 amide bonds. The summed E-state index contributed by atoms with van der Waals surface area (Å²) in [6.45, 7) is 4.08. The summed E-state index contributed by atoms with van der Waals surface area (Å²) in [4.78, 5) is 0. The summed E-state index contributed by atoms with van der Waals surface area (Å²) in [6, 6.07) is 9.17. The zero-order valence-electron chi connectivity index (χ0n) is 16.2. The van der Waals surface area contributed by atoms with Crippen molar-refractivity contribution in [2.45, 2.75) is 26.2 Å². The molecule has 0 saturated heterocycles. The van der Waals surface area contributed by atoms with Crippen LogP contribution in [-0.2, 0) is 0 Å². The van der Waals surface area contributed by atoms with Crippen LogP contribution < -0.4 is 14.2 Å². The molecule has 2 aromatic carbocycles. The lowest BCUT2D eigenvalue weighted by atomic mass is 9.85. The minimum atomic E-state index is 0.0684. The molecule has 6 nitrogen and oxygen atoms in total. The van der Waals surface area contributed by atoms with E-state index >= 15 is 0 Å². The number of methoxy groups -OCH3 is 3. The van der Waals surface area contributed by atoms with E-state index in [9.17, 15) is 5.11 Å². The third-order valence-corrected chi connectivity index (χ3v) is 4.86. The van der Waals surface area contributed by atoms with Gasteiger partial charge in [-0.05, 0) is 49.2 Å². The maximum Gasteiger partial charge on any atom is 0.161 e. The summed E-state index contributed by atoms with van der Waals surface area (Å²) >= 11 is 0. The fraction of sp³-hybridized carbons (Fsp3) is 0.333. The molecule has 1 heterocycles. The Morgan fingerprint density at radius 2 is 1.63 bits per heavy atom. The number of phenols is 1. The predicted octanol–water partition coefficient (Wildman–Crippen LogP) is 4.14. The van der Waals surface area contributed by atoms with Gasteiger partial charge >= 0.3 is 0 Å². The minimum Gasteiger partial charge on any atom is -0.504 e. The first-order chi connectivity index (χ1) is 13.0. The van der Waals surface area contributed by atoms with E-state index in [1.54, 1.807) is 27.4 Å². The summed E-state index contributed by atoms with van der Waals surface area (Å²) in [6.07, 6.45) is 0.866.